The molecule has 3 rings (SSSR count). The molecule has 136 valence electrons. The molecule has 0 aliphatic rings. The maximum atomic E-state index is 13.3. The van der Waals surface area contributed by atoms with Gasteiger partial charge in [0.1, 0.15) is 0 Å². The van der Waals surface area contributed by atoms with Crippen molar-refractivity contribution in [2.75, 3.05) is 0 Å². The van der Waals surface area contributed by atoms with E-state index in [1.165, 1.54) is 52.1 Å². The number of hydrogen-bond donors (Lipinski definition) is 0. The lowest BCUT2D eigenvalue weighted by Crippen LogP contribution is -2.30. The van der Waals surface area contributed by atoms with Gasteiger partial charge in [-0.25, -0.2) is 8.42 Å². The molecule has 3 aromatic rings. The number of hydrogen-bond acceptors (Lipinski definition) is 6. The van der Waals surface area contributed by atoms with Crippen molar-refractivity contribution in [3.8, 4) is 0 Å². The van der Waals surface area contributed by atoms with E-state index < -0.39 is 14.9 Å². The van der Waals surface area contributed by atoms with Crippen molar-refractivity contribution in [3.63, 3.8) is 0 Å². The van der Waals surface area contributed by atoms with Crippen molar-refractivity contribution >= 4 is 38.4 Å². The van der Waals surface area contributed by atoms with E-state index in [0.717, 1.165) is 9.75 Å². The number of sulfonamides is 1. The molecule has 0 aliphatic heterocycles. The second kappa shape index (κ2) is 7.67. The first-order valence-corrected chi connectivity index (χ1v) is 10.9. The molecule has 0 N–H and O–H groups in total. The molecule has 6 nitrogen and oxygen atoms in total. The standard InChI is InChI=1S/C17H16N2O4S3/c1-13-16(19(20)21)7-2-8-17(13)26(22,23)18(11-14-5-3-9-24-14)12-15-6-4-10-25-15/h2-10H,11-12H2,1H3. The first-order valence-electron chi connectivity index (χ1n) is 7.68. The molecule has 26 heavy (non-hydrogen) atoms. The maximum absolute atomic E-state index is 13.3. The van der Waals surface area contributed by atoms with E-state index >= 15 is 0 Å². The third kappa shape index (κ3) is 3.85. The highest BCUT2D eigenvalue weighted by Crippen LogP contribution is 2.30. The molecule has 0 fully saturated rings. The number of nitrogens with zero attached hydrogens (tertiary/aromatic N) is 2. The van der Waals surface area contributed by atoms with E-state index in [4.69, 9.17) is 0 Å². The number of thiophene rings is 2. The van der Waals surface area contributed by atoms with E-state index in [-0.39, 0.29) is 29.2 Å². The smallest absolute Gasteiger partial charge is 0.258 e. The molecule has 0 saturated heterocycles. The van der Waals surface area contributed by atoms with Gasteiger partial charge in [0.2, 0.25) is 10.0 Å². The molecule has 0 spiro atoms. The molecule has 0 saturated carbocycles. The fourth-order valence-corrected chi connectivity index (χ4v) is 5.84. The van der Waals surface area contributed by atoms with Crippen LogP contribution < -0.4 is 0 Å². The number of nitro groups is 1. The summed E-state index contributed by atoms with van der Waals surface area (Å²) in [6.07, 6.45) is 0. The molecular weight excluding hydrogens is 392 g/mol. The van der Waals surface area contributed by atoms with Gasteiger partial charge in [-0.2, -0.15) is 4.31 Å². The molecule has 1 aromatic carbocycles. The van der Waals surface area contributed by atoms with E-state index in [0.29, 0.717) is 0 Å². The normalized spacial score (nSPS) is 11.8. The summed E-state index contributed by atoms with van der Waals surface area (Å²) in [6, 6.07) is 11.6. The van der Waals surface area contributed by atoms with Gasteiger partial charge in [0.15, 0.2) is 0 Å². The lowest BCUT2D eigenvalue weighted by atomic mass is 10.2. The first kappa shape index (κ1) is 18.7. The van der Waals surface area contributed by atoms with Gasteiger partial charge >= 0.3 is 0 Å². The van der Waals surface area contributed by atoms with Crippen LogP contribution in [0.5, 0.6) is 0 Å². The van der Waals surface area contributed by atoms with Crippen LogP contribution in [0.4, 0.5) is 5.69 Å². The Kier molecular flexibility index (Phi) is 5.52. The van der Waals surface area contributed by atoms with E-state index in [2.05, 4.69) is 0 Å². The molecule has 0 unspecified atom stereocenters. The Morgan fingerprint density at radius 1 is 1.00 bits per heavy atom. The molecule has 0 aliphatic carbocycles. The van der Waals surface area contributed by atoms with Crippen LogP contribution in [-0.4, -0.2) is 17.6 Å². The average molecular weight is 409 g/mol. The summed E-state index contributed by atoms with van der Waals surface area (Å²) < 4.78 is 28.0. The van der Waals surface area contributed by atoms with Gasteiger partial charge in [0.25, 0.3) is 5.69 Å². The van der Waals surface area contributed by atoms with Crippen molar-refractivity contribution in [2.45, 2.75) is 24.9 Å². The summed E-state index contributed by atoms with van der Waals surface area (Å²) in [5.41, 5.74) is -0.0434. The van der Waals surface area contributed by atoms with Crippen molar-refractivity contribution < 1.29 is 13.3 Å². The predicted molar refractivity (Wildman–Crippen MR) is 103 cm³/mol. The lowest BCUT2D eigenvalue weighted by Gasteiger charge is -2.22. The Hall–Kier alpha value is -2.07. The molecule has 0 atom stereocenters. The summed E-state index contributed by atoms with van der Waals surface area (Å²) in [4.78, 5) is 12.4. The highest BCUT2D eigenvalue weighted by molar-refractivity contribution is 7.89. The number of benzene rings is 1. The number of nitro benzene ring substituents is 1. The SMILES string of the molecule is Cc1c([N+](=O)[O-])cccc1S(=O)(=O)N(Cc1cccs1)Cc1cccs1. The Balaban J connectivity index is 2.04. The molecular formula is C17H16N2O4S3. The summed E-state index contributed by atoms with van der Waals surface area (Å²) >= 11 is 2.95. The van der Waals surface area contributed by atoms with Crippen molar-refractivity contribution in [2.24, 2.45) is 0 Å². The summed E-state index contributed by atoms with van der Waals surface area (Å²) in [7, 11) is -3.90. The first-order chi connectivity index (χ1) is 12.4. The van der Waals surface area contributed by atoms with Crippen LogP contribution in [0.25, 0.3) is 0 Å². The molecule has 2 aromatic heterocycles. The fourth-order valence-electron chi connectivity index (χ4n) is 2.60. The van der Waals surface area contributed by atoms with Gasteiger partial charge in [0, 0.05) is 34.5 Å². The largest absolute Gasteiger partial charge is 0.273 e. The zero-order valence-corrected chi connectivity index (χ0v) is 16.3. The average Bonchev–Trinajstić information content (AvgIpc) is 3.27. The zero-order valence-electron chi connectivity index (χ0n) is 13.9. The van der Waals surface area contributed by atoms with Gasteiger partial charge in [0.05, 0.1) is 9.82 Å². The quantitative estimate of drug-likeness (QED) is 0.428. The Morgan fingerprint density at radius 3 is 2.04 bits per heavy atom. The van der Waals surface area contributed by atoms with Crippen molar-refractivity contribution in [1.29, 1.82) is 0 Å². The Bertz CT molecular complexity index is 961. The zero-order chi connectivity index (χ0) is 18.7. The van der Waals surface area contributed by atoms with Gasteiger partial charge < -0.3 is 0 Å². The van der Waals surface area contributed by atoms with Crippen molar-refractivity contribution in [3.05, 3.63) is 78.7 Å². The van der Waals surface area contributed by atoms with Crippen LogP contribution in [-0.2, 0) is 23.1 Å². The second-order valence-corrected chi connectivity index (χ2v) is 9.56. The predicted octanol–water partition coefficient (Wildman–Crippen LogP) is 4.42. The van der Waals surface area contributed by atoms with E-state index in [9.17, 15) is 18.5 Å². The van der Waals surface area contributed by atoms with Gasteiger partial charge in [-0.05, 0) is 35.9 Å². The van der Waals surface area contributed by atoms with Crippen LogP contribution in [0.3, 0.4) is 0 Å². The topological polar surface area (TPSA) is 80.5 Å². The summed E-state index contributed by atoms with van der Waals surface area (Å²) in [5, 5.41) is 15.0. The second-order valence-electron chi connectivity index (χ2n) is 5.59. The molecule has 0 radical (unpaired) electrons. The highest BCUT2D eigenvalue weighted by Gasteiger charge is 2.29. The molecule has 2 heterocycles. The van der Waals surface area contributed by atoms with Gasteiger partial charge in [-0.3, -0.25) is 10.1 Å². The molecule has 0 bridgehead atoms. The van der Waals surface area contributed by atoms with Crippen molar-refractivity contribution in [1.82, 2.24) is 4.31 Å². The third-order valence-electron chi connectivity index (χ3n) is 3.89. The van der Waals surface area contributed by atoms with Gasteiger partial charge in [-0.1, -0.05) is 18.2 Å². The Morgan fingerprint density at radius 2 is 1.58 bits per heavy atom. The monoisotopic (exact) mass is 408 g/mol. The van der Waals surface area contributed by atoms with Crippen LogP contribution in [0.1, 0.15) is 15.3 Å². The van der Waals surface area contributed by atoms with Crippen LogP contribution in [0.2, 0.25) is 0 Å². The van der Waals surface area contributed by atoms with Crippen LogP contribution in [0, 0.1) is 17.0 Å². The van der Waals surface area contributed by atoms with Crippen LogP contribution >= 0.6 is 22.7 Å². The highest BCUT2D eigenvalue weighted by atomic mass is 32.2. The Labute approximate surface area is 159 Å². The minimum atomic E-state index is -3.90. The minimum absolute atomic E-state index is 0.0280. The summed E-state index contributed by atoms with van der Waals surface area (Å²) in [6.45, 7) is 1.92. The minimum Gasteiger partial charge on any atom is -0.258 e. The van der Waals surface area contributed by atoms with E-state index in [1.54, 1.807) is 0 Å². The summed E-state index contributed by atoms with van der Waals surface area (Å²) in [5.74, 6) is 0. The number of rotatable bonds is 7. The fraction of sp³-hybridized carbons (Fsp3) is 0.176. The molecule has 0 amide bonds. The van der Waals surface area contributed by atoms with Crippen LogP contribution in [0.15, 0.2) is 58.1 Å². The van der Waals surface area contributed by atoms with E-state index in [1.807, 2.05) is 35.0 Å². The maximum Gasteiger partial charge on any atom is 0.273 e. The van der Waals surface area contributed by atoms with Gasteiger partial charge in [-0.15, -0.1) is 22.7 Å². The molecule has 9 heteroatoms. The third-order valence-corrected chi connectivity index (χ3v) is 7.55. The lowest BCUT2D eigenvalue weighted by molar-refractivity contribution is -0.385.